The molecule has 2 rings (SSSR count). The van der Waals surface area contributed by atoms with Crippen LogP contribution < -0.4 is 5.32 Å². The largest absolute Gasteiger partial charge is 0.306 e. The van der Waals surface area contributed by atoms with Gasteiger partial charge in [0, 0.05) is 11.1 Å². The Kier molecular flexibility index (Phi) is 5.02. The summed E-state index contributed by atoms with van der Waals surface area (Å²) < 4.78 is 42.2. The van der Waals surface area contributed by atoms with E-state index in [0.29, 0.717) is 6.54 Å². The first-order valence-corrected chi connectivity index (χ1v) is 6.98. The van der Waals surface area contributed by atoms with E-state index < -0.39 is 23.5 Å². The molecule has 1 nitrogen and oxygen atoms in total. The second-order valence-corrected chi connectivity index (χ2v) is 5.05. The Balaban J connectivity index is 2.55. The van der Waals surface area contributed by atoms with Crippen molar-refractivity contribution in [2.24, 2.45) is 0 Å². The SMILES string of the molecule is CCCNC(c1cc(C)ccc1F)c1c(F)cccc1F. The van der Waals surface area contributed by atoms with Gasteiger partial charge < -0.3 is 5.32 Å². The van der Waals surface area contributed by atoms with Crippen LogP contribution in [0.4, 0.5) is 13.2 Å². The predicted molar refractivity (Wildman–Crippen MR) is 77.6 cm³/mol. The predicted octanol–water partition coefficient (Wildman–Crippen LogP) is 4.50. The molecule has 21 heavy (non-hydrogen) atoms. The first-order chi connectivity index (χ1) is 10.0. The van der Waals surface area contributed by atoms with Crippen LogP contribution in [0.2, 0.25) is 0 Å². The van der Waals surface area contributed by atoms with E-state index in [9.17, 15) is 13.2 Å². The van der Waals surface area contributed by atoms with Crippen molar-refractivity contribution in [3.05, 3.63) is 70.5 Å². The van der Waals surface area contributed by atoms with Crippen molar-refractivity contribution in [1.82, 2.24) is 5.32 Å². The normalized spacial score (nSPS) is 12.4. The fraction of sp³-hybridized carbons (Fsp3) is 0.294. The number of rotatable bonds is 5. The lowest BCUT2D eigenvalue weighted by Gasteiger charge is -2.21. The van der Waals surface area contributed by atoms with Gasteiger partial charge in [-0.15, -0.1) is 0 Å². The average molecular weight is 293 g/mol. The van der Waals surface area contributed by atoms with Crippen molar-refractivity contribution in [3.63, 3.8) is 0 Å². The monoisotopic (exact) mass is 293 g/mol. The van der Waals surface area contributed by atoms with Crippen LogP contribution in [0.3, 0.4) is 0 Å². The molecule has 1 atom stereocenters. The van der Waals surface area contributed by atoms with Gasteiger partial charge in [0.2, 0.25) is 0 Å². The molecular formula is C17H18F3N. The summed E-state index contributed by atoms with van der Waals surface area (Å²) in [6, 6.07) is 7.41. The van der Waals surface area contributed by atoms with Crippen LogP contribution in [0.5, 0.6) is 0 Å². The van der Waals surface area contributed by atoms with Crippen LogP contribution in [-0.4, -0.2) is 6.54 Å². The molecule has 0 fully saturated rings. The molecule has 0 bridgehead atoms. The van der Waals surface area contributed by atoms with E-state index in [1.165, 1.54) is 24.3 Å². The van der Waals surface area contributed by atoms with Gasteiger partial charge in [0.15, 0.2) is 0 Å². The molecule has 0 aromatic heterocycles. The summed E-state index contributed by atoms with van der Waals surface area (Å²) in [6.45, 7) is 4.29. The van der Waals surface area contributed by atoms with Gasteiger partial charge >= 0.3 is 0 Å². The fourth-order valence-electron chi connectivity index (χ4n) is 2.33. The zero-order valence-electron chi connectivity index (χ0n) is 12.1. The molecule has 0 radical (unpaired) electrons. The summed E-state index contributed by atoms with van der Waals surface area (Å²) >= 11 is 0. The highest BCUT2D eigenvalue weighted by Crippen LogP contribution is 2.29. The third-order valence-corrected chi connectivity index (χ3v) is 3.35. The van der Waals surface area contributed by atoms with Crippen LogP contribution in [0, 0.1) is 24.4 Å². The van der Waals surface area contributed by atoms with Gasteiger partial charge in [-0.05, 0) is 38.1 Å². The topological polar surface area (TPSA) is 12.0 Å². The van der Waals surface area contributed by atoms with Gasteiger partial charge in [-0.25, -0.2) is 13.2 Å². The van der Waals surface area contributed by atoms with Gasteiger partial charge in [-0.2, -0.15) is 0 Å². The molecular weight excluding hydrogens is 275 g/mol. The van der Waals surface area contributed by atoms with E-state index in [1.807, 2.05) is 13.8 Å². The molecule has 1 N–H and O–H groups in total. The van der Waals surface area contributed by atoms with Crippen molar-refractivity contribution in [1.29, 1.82) is 0 Å². The van der Waals surface area contributed by atoms with Crippen LogP contribution in [0.25, 0.3) is 0 Å². The van der Waals surface area contributed by atoms with Crippen molar-refractivity contribution in [2.75, 3.05) is 6.54 Å². The molecule has 1 unspecified atom stereocenters. The number of halogens is 3. The number of benzene rings is 2. The maximum absolute atomic E-state index is 14.1. The van der Waals surface area contributed by atoms with E-state index >= 15 is 0 Å². The molecule has 4 heteroatoms. The van der Waals surface area contributed by atoms with Gasteiger partial charge in [0.1, 0.15) is 17.5 Å². The average Bonchev–Trinajstić information content (AvgIpc) is 2.45. The third kappa shape index (κ3) is 3.45. The van der Waals surface area contributed by atoms with E-state index in [1.54, 1.807) is 12.1 Å². The van der Waals surface area contributed by atoms with Gasteiger partial charge in [-0.1, -0.05) is 30.7 Å². The number of hydrogen-bond acceptors (Lipinski definition) is 1. The number of aryl methyl sites for hydroxylation is 1. The molecule has 0 saturated carbocycles. The first kappa shape index (κ1) is 15.6. The quantitative estimate of drug-likeness (QED) is 0.855. The molecule has 0 heterocycles. The third-order valence-electron chi connectivity index (χ3n) is 3.35. The van der Waals surface area contributed by atoms with Crippen molar-refractivity contribution >= 4 is 0 Å². The maximum Gasteiger partial charge on any atom is 0.131 e. The van der Waals surface area contributed by atoms with E-state index in [-0.39, 0.29) is 11.1 Å². The van der Waals surface area contributed by atoms with E-state index in [2.05, 4.69) is 5.32 Å². The smallest absolute Gasteiger partial charge is 0.131 e. The summed E-state index contributed by atoms with van der Waals surface area (Å²) in [5.74, 6) is -1.83. The zero-order chi connectivity index (χ0) is 15.4. The highest BCUT2D eigenvalue weighted by Gasteiger charge is 2.24. The highest BCUT2D eigenvalue weighted by molar-refractivity contribution is 5.36. The van der Waals surface area contributed by atoms with E-state index in [0.717, 1.165) is 12.0 Å². The van der Waals surface area contributed by atoms with Gasteiger partial charge in [0.05, 0.1) is 6.04 Å². The second kappa shape index (κ2) is 6.76. The lowest BCUT2D eigenvalue weighted by atomic mass is 9.95. The summed E-state index contributed by atoms with van der Waals surface area (Å²) in [5, 5.41) is 3.03. The molecule has 0 amide bonds. The van der Waals surface area contributed by atoms with Crippen LogP contribution >= 0.6 is 0 Å². The molecule has 112 valence electrons. The number of nitrogens with one attached hydrogen (secondary N) is 1. The maximum atomic E-state index is 14.1. The van der Waals surface area contributed by atoms with Crippen molar-refractivity contribution < 1.29 is 13.2 Å². The minimum Gasteiger partial charge on any atom is -0.306 e. The fourth-order valence-corrected chi connectivity index (χ4v) is 2.33. The Morgan fingerprint density at radius 3 is 2.29 bits per heavy atom. The second-order valence-electron chi connectivity index (χ2n) is 5.05. The lowest BCUT2D eigenvalue weighted by molar-refractivity contribution is 0.488. The minimum absolute atomic E-state index is 0.143. The van der Waals surface area contributed by atoms with Gasteiger partial charge in [-0.3, -0.25) is 0 Å². The zero-order valence-corrected chi connectivity index (χ0v) is 12.1. The first-order valence-electron chi connectivity index (χ1n) is 6.98. The minimum atomic E-state index is -0.842. The summed E-state index contributed by atoms with van der Waals surface area (Å²) in [6.07, 6.45) is 0.778. The molecule has 0 aliphatic heterocycles. The lowest BCUT2D eigenvalue weighted by Crippen LogP contribution is -2.26. The molecule has 0 aliphatic carbocycles. The molecule has 0 spiro atoms. The van der Waals surface area contributed by atoms with Crippen molar-refractivity contribution in [3.8, 4) is 0 Å². The summed E-state index contributed by atoms with van der Waals surface area (Å²) in [5.41, 5.74) is 0.953. The number of hydrogen-bond donors (Lipinski definition) is 1. The summed E-state index contributed by atoms with van der Waals surface area (Å²) in [7, 11) is 0. The molecule has 2 aromatic rings. The van der Waals surface area contributed by atoms with Crippen molar-refractivity contribution in [2.45, 2.75) is 26.3 Å². The Hall–Kier alpha value is -1.81. The molecule has 2 aromatic carbocycles. The Morgan fingerprint density at radius 1 is 1.00 bits per heavy atom. The highest BCUT2D eigenvalue weighted by atomic mass is 19.1. The molecule has 0 aliphatic rings. The van der Waals surface area contributed by atoms with E-state index in [4.69, 9.17) is 0 Å². The van der Waals surface area contributed by atoms with Crippen LogP contribution in [-0.2, 0) is 0 Å². The van der Waals surface area contributed by atoms with Crippen LogP contribution in [0.1, 0.15) is 36.1 Å². The van der Waals surface area contributed by atoms with Crippen LogP contribution in [0.15, 0.2) is 36.4 Å². The summed E-state index contributed by atoms with van der Waals surface area (Å²) in [4.78, 5) is 0. The standard InChI is InChI=1S/C17H18F3N/c1-3-9-21-17(12-10-11(2)7-8-13(12)18)16-14(19)5-4-6-15(16)20/h4-8,10,17,21H,3,9H2,1-2H3. The Labute approximate surface area is 122 Å². The van der Waals surface area contributed by atoms with Gasteiger partial charge in [0.25, 0.3) is 0 Å². The Morgan fingerprint density at radius 2 is 1.67 bits per heavy atom. The Bertz CT molecular complexity index is 605. The molecule has 0 saturated heterocycles.